The molecule has 1 N–H and O–H groups in total. The average molecular weight is 315 g/mol. The van der Waals surface area contributed by atoms with E-state index in [0.29, 0.717) is 0 Å². The molecule has 7 heteroatoms. The Hall–Kier alpha value is -3.09. The van der Waals surface area contributed by atoms with Crippen LogP contribution in [0.3, 0.4) is 0 Å². The lowest BCUT2D eigenvalue weighted by Gasteiger charge is -2.02. The summed E-state index contributed by atoms with van der Waals surface area (Å²) in [6.45, 7) is 0. The Bertz CT molecular complexity index is 1130. The number of benzene rings is 2. The number of nitrogens with one attached hydrogen (secondary N) is 1. The smallest absolute Gasteiger partial charge is 0.280 e. The highest BCUT2D eigenvalue weighted by Gasteiger charge is 2.15. The number of aromatic amines is 1. The van der Waals surface area contributed by atoms with Crippen molar-refractivity contribution < 1.29 is 13.2 Å². The highest BCUT2D eigenvalue weighted by Crippen LogP contribution is 2.23. The zero-order valence-electron chi connectivity index (χ0n) is 11.5. The van der Waals surface area contributed by atoms with Crippen LogP contribution >= 0.6 is 0 Å². The van der Waals surface area contributed by atoms with E-state index in [1.165, 1.54) is 24.4 Å². The summed E-state index contributed by atoms with van der Waals surface area (Å²) in [6.07, 6.45) is 1.26. The second-order valence-electron chi connectivity index (χ2n) is 5.03. The van der Waals surface area contributed by atoms with Gasteiger partial charge < -0.3 is 0 Å². The molecule has 0 spiro atoms. The number of halogens is 3. The van der Waals surface area contributed by atoms with E-state index in [0.717, 1.165) is 16.8 Å². The molecule has 0 saturated carbocycles. The quantitative estimate of drug-likeness (QED) is 0.586. The first kappa shape index (κ1) is 13.6. The molecule has 0 aliphatic rings. The number of H-pyrrole nitrogens is 1. The maximum absolute atomic E-state index is 13.9. The van der Waals surface area contributed by atoms with Crippen LogP contribution in [0.1, 0.15) is 0 Å². The van der Waals surface area contributed by atoms with Crippen molar-refractivity contribution in [3.63, 3.8) is 0 Å². The fourth-order valence-corrected chi connectivity index (χ4v) is 2.56. The second kappa shape index (κ2) is 4.70. The van der Waals surface area contributed by atoms with Gasteiger partial charge in [0.15, 0.2) is 11.6 Å². The van der Waals surface area contributed by atoms with Crippen LogP contribution in [0.2, 0.25) is 0 Å². The zero-order valence-corrected chi connectivity index (χ0v) is 11.5. The predicted molar refractivity (Wildman–Crippen MR) is 79.1 cm³/mol. The summed E-state index contributed by atoms with van der Waals surface area (Å²) in [5, 5.41) is 3.15. The van der Waals surface area contributed by atoms with Crippen LogP contribution in [0.25, 0.3) is 27.5 Å². The minimum Gasteiger partial charge on any atom is -0.289 e. The van der Waals surface area contributed by atoms with Crippen LogP contribution in [0.15, 0.2) is 47.4 Å². The Labute approximate surface area is 126 Å². The maximum Gasteiger partial charge on any atom is 0.280 e. The third-order valence-electron chi connectivity index (χ3n) is 3.66. The van der Waals surface area contributed by atoms with Gasteiger partial charge in [-0.05, 0) is 18.2 Å². The minimum absolute atomic E-state index is 0.0319. The van der Waals surface area contributed by atoms with Gasteiger partial charge in [0.2, 0.25) is 0 Å². The summed E-state index contributed by atoms with van der Waals surface area (Å²) in [6, 6.07) is 7.65. The zero-order chi connectivity index (χ0) is 16.1. The molecule has 114 valence electrons. The van der Waals surface area contributed by atoms with E-state index in [1.54, 1.807) is 6.07 Å². The summed E-state index contributed by atoms with van der Waals surface area (Å²) in [7, 11) is 0. The first-order valence-corrected chi connectivity index (χ1v) is 6.69. The monoisotopic (exact) mass is 315 g/mol. The normalized spacial score (nSPS) is 11.4. The van der Waals surface area contributed by atoms with Gasteiger partial charge in [0.25, 0.3) is 5.56 Å². The molecule has 0 amide bonds. The van der Waals surface area contributed by atoms with E-state index in [4.69, 9.17) is 0 Å². The van der Waals surface area contributed by atoms with Gasteiger partial charge in [0, 0.05) is 17.6 Å². The molecule has 2 aromatic heterocycles. The third-order valence-corrected chi connectivity index (χ3v) is 3.66. The maximum atomic E-state index is 13.9. The first-order chi connectivity index (χ1) is 11.1. The van der Waals surface area contributed by atoms with Crippen molar-refractivity contribution in [3.8, 4) is 5.69 Å². The summed E-state index contributed by atoms with van der Waals surface area (Å²) < 4.78 is 41.7. The summed E-state index contributed by atoms with van der Waals surface area (Å²) in [5.74, 6) is -2.66. The van der Waals surface area contributed by atoms with Crippen LogP contribution < -0.4 is 5.56 Å². The molecule has 0 unspecified atom stereocenters. The van der Waals surface area contributed by atoms with Crippen LogP contribution in [0.4, 0.5) is 13.2 Å². The Morgan fingerprint density at radius 3 is 2.48 bits per heavy atom. The molecule has 2 heterocycles. The van der Waals surface area contributed by atoms with Crippen molar-refractivity contribution in [2.24, 2.45) is 0 Å². The van der Waals surface area contributed by atoms with Gasteiger partial charge in [0.05, 0.1) is 16.4 Å². The van der Waals surface area contributed by atoms with Crippen molar-refractivity contribution in [3.05, 3.63) is 70.4 Å². The molecule has 4 aromatic rings. The van der Waals surface area contributed by atoms with Gasteiger partial charge in [-0.2, -0.15) is 0 Å². The van der Waals surface area contributed by atoms with Gasteiger partial charge in [-0.3, -0.25) is 14.9 Å². The lowest BCUT2D eigenvalue weighted by atomic mass is 10.1. The predicted octanol–water partition coefficient (Wildman–Crippen LogP) is 3.28. The number of hydrogen-bond acceptors (Lipinski definition) is 2. The Balaban J connectivity index is 2.12. The van der Waals surface area contributed by atoms with Gasteiger partial charge >= 0.3 is 0 Å². The minimum atomic E-state index is -1.05. The lowest BCUT2D eigenvalue weighted by molar-refractivity contribution is 0.511. The topological polar surface area (TPSA) is 50.7 Å². The number of fused-ring (bicyclic) bond motifs is 3. The second-order valence-corrected chi connectivity index (χ2v) is 5.03. The number of aromatic nitrogens is 3. The molecule has 0 saturated heterocycles. The average Bonchev–Trinajstić information content (AvgIpc) is 2.87. The highest BCUT2D eigenvalue weighted by atomic mass is 19.2. The number of pyridine rings is 1. The van der Waals surface area contributed by atoms with Gasteiger partial charge in [-0.25, -0.2) is 17.9 Å². The summed E-state index contributed by atoms with van der Waals surface area (Å²) in [4.78, 5) is 16.4. The molecule has 0 aliphatic carbocycles. The van der Waals surface area contributed by atoms with Crippen LogP contribution in [0, 0.1) is 17.5 Å². The van der Waals surface area contributed by atoms with Crippen molar-refractivity contribution >= 4 is 21.8 Å². The summed E-state index contributed by atoms with van der Waals surface area (Å²) in [5.41, 5.74) is -0.0332. The van der Waals surface area contributed by atoms with Crippen LogP contribution in [0.5, 0.6) is 0 Å². The van der Waals surface area contributed by atoms with Crippen molar-refractivity contribution in [2.45, 2.75) is 0 Å². The highest BCUT2D eigenvalue weighted by molar-refractivity contribution is 6.02. The van der Waals surface area contributed by atoms with Crippen LogP contribution in [-0.2, 0) is 0 Å². The van der Waals surface area contributed by atoms with Gasteiger partial charge in [-0.15, -0.1) is 0 Å². The first-order valence-electron chi connectivity index (χ1n) is 6.69. The molecular formula is C16H8F3N3O. The molecule has 23 heavy (non-hydrogen) atoms. The molecule has 0 radical (unpaired) electrons. The molecule has 4 nitrogen and oxygen atoms in total. The van der Waals surface area contributed by atoms with Crippen LogP contribution in [-0.4, -0.2) is 14.8 Å². The molecule has 0 atom stereocenters. The Morgan fingerprint density at radius 2 is 1.70 bits per heavy atom. The number of nitrogens with zero attached hydrogens (tertiary/aromatic N) is 2. The van der Waals surface area contributed by atoms with Gasteiger partial charge in [0.1, 0.15) is 11.5 Å². The summed E-state index contributed by atoms with van der Waals surface area (Å²) >= 11 is 0. The number of hydrogen-bond donors (Lipinski definition) is 1. The lowest BCUT2D eigenvalue weighted by Crippen LogP contribution is -2.15. The largest absolute Gasteiger partial charge is 0.289 e. The third kappa shape index (κ3) is 1.93. The van der Waals surface area contributed by atoms with Crippen molar-refractivity contribution in [2.75, 3.05) is 0 Å². The number of rotatable bonds is 1. The molecule has 0 bridgehead atoms. The molecule has 0 fully saturated rings. The van der Waals surface area contributed by atoms with Gasteiger partial charge in [-0.1, -0.05) is 12.1 Å². The Kier molecular flexibility index (Phi) is 2.77. The van der Waals surface area contributed by atoms with E-state index < -0.39 is 23.0 Å². The SMILES string of the molecule is O=c1c2cnc3cc(F)c(F)cc3c2[nH]n1-c1ccccc1F. The molecule has 4 rings (SSSR count). The van der Waals surface area contributed by atoms with E-state index >= 15 is 0 Å². The van der Waals surface area contributed by atoms with E-state index in [1.807, 2.05) is 0 Å². The van der Waals surface area contributed by atoms with E-state index in [2.05, 4.69) is 10.1 Å². The fourth-order valence-electron chi connectivity index (χ4n) is 2.56. The van der Waals surface area contributed by atoms with Crippen molar-refractivity contribution in [1.82, 2.24) is 14.8 Å². The standard InChI is InChI=1S/C16H8F3N3O/c17-10-3-1-2-4-14(10)22-16(23)9-7-20-13-6-12(19)11(18)5-8(13)15(9)21-22/h1-7,21H. The van der Waals surface area contributed by atoms with E-state index in [9.17, 15) is 18.0 Å². The molecule has 2 aromatic carbocycles. The number of para-hydroxylation sites is 1. The Morgan fingerprint density at radius 1 is 0.957 bits per heavy atom. The molecular weight excluding hydrogens is 307 g/mol. The van der Waals surface area contributed by atoms with E-state index in [-0.39, 0.29) is 27.5 Å². The molecule has 0 aliphatic heterocycles. The van der Waals surface area contributed by atoms with Crippen molar-refractivity contribution in [1.29, 1.82) is 0 Å². The fraction of sp³-hybridized carbons (Fsp3) is 0.